The zero-order chi connectivity index (χ0) is 12.8. The van der Waals surface area contributed by atoms with Crippen LogP contribution in [0.2, 0.25) is 0 Å². The molecule has 1 aromatic rings. The van der Waals surface area contributed by atoms with Gasteiger partial charge in [-0.1, -0.05) is 12.1 Å². The van der Waals surface area contributed by atoms with Crippen LogP contribution in [0.1, 0.15) is 29.8 Å². The molecule has 0 atom stereocenters. The number of benzene rings is 1. The Morgan fingerprint density at radius 3 is 2.71 bits per heavy atom. The third kappa shape index (κ3) is 3.72. The van der Waals surface area contributed by atoms with E-state index >= 15 is 0 Å². The fourth-order valence-electron chi connectivity index (χ4n) is 1.66. The van der Waals surface area contributed by atoms with Crippen LogP contribution in [0.5, 0.6) is 0 Å². The molecule has 0 saturated carbocycles. The smallest absolute Gasteiger partial charge is 0.254 e. The highest BCUT2D eigenvalue weighted by Gasteiger charge is 2.18. The van der Waals surface area contributed by atoms with Gasteiger partial charge in [0, 0.05) is 24.0 Å². The van der Waals surface area contributed by atoms with Gasteiger partial charge in [-0.15, -0.1) is 11.6 Å². The van der Waals surface area contributed by atoms with E-state index in [1.54, 1.807) is 17.0 Å². The van der Waals surface area contributed by atoms with E-state index in [0.29, 0.717) is 18.0 Å². The van der Waals surface area contributed by atoms with Crippen LogP contribution in [0.25, 0.3) is 0 Å². The summed E-state index contributed by atoms with van der Waals surface area (Å²) in [6.07, 6.45) is 0. The molecule has 0 bridgehead atoms. The number of hydrogen-bond acceptors (Lipinski definition) is 2. The summed E-state index contributed by atoms with van der Waals surface area (Å²) in [5.74, 6) is 0.323. The number of aliphatic hydroxyl groups is 1. The minimum absolute atomic E-state index is 0.0287. The molecule has 1 N–H and O–H groups in total. The monoisotopic (exact) mass is 255 g/mol. The van der Waals surface area contributed by atoms with E-state index in [0.717, 1.165) is 5.56 Å². The Balaban J connectivity index is 2.92. The van der Waals surface area contributed by atoms with Crippen LogP contribution in [0.3, 0.4) is 0 Å². The predicted octanol–water partition coefficient (Wildman–Crippen LogP) is 2.27. The number of rotatable bonds is 5. The molecule has 0 unspecified atom stereocenters. The fraction of sp³-hybridized carbons (Fsp3) is 0.462. The summed E-state index contributed by atoms with van der Waals surface area (Å²) in [4.78, 5) is 13.9. The molecular weight excluding hydrogens is 238 g/mol. The fourth-order valence-corrected chi connectivity index (χ4v) is 1.82. The van der Waals surface area contributed by atoms with E-state index in [4.69, 9.17) is 16.7 Å². The molecule has 17 heavy (non-hydrogen) atoms. The van der Waals surface area contributed by atoms with Gasteiger partial charge in [-0.05, 0) is 31.5 Å². The standard InChI is InChI=1S/C13H18ClNO2/c1-10(2)15(6-7-16)13(17)12-5-3-4-11(8-12)9-14/h3-5,8,10,16H,6-7,9H2,1-2H3. The first kappa shape index (κ1) is 14.0. The van der Waals surface area contributed by atoms with Crippen molar-refractivity contribution in [1.29, 1.82) is 0 Å². The molecule has 1 amide bonds. The van der Waals surface area contributed by atoms with Crippen molar-refractivity contribution in [3.05, 3.63) is 35.4 Å². The van der Waals surface area contributed by atoms with Crippen molar-refractivity contribution in [1.82, 2.24) is 4.90 Å². The van der Waals surface area contributed by atoms with Gasteiger partial charge in [0.05, 0.1) is 6.61 Å². The first-order valence-corrected chi connectivity index (χ1v) is 6.20. The minimum atomic E-state index is -0.0685. The Morgan fingerprint density at radius 1 is 1.47 bits per heavy atom. The Hall–Kier alpha value is -1.06. The zero-order valence-electron chi connectivity index (χ0n) is 10.2. The van der Waals surface area contributed by atoms with E-state index in [-0.39, 0.29) is 18.6 Å². The SMILES string of the molecule is CC(C)N(CCO)C(=O)c1cccc(CCl)c1. The lowest BCUT2D eigenvalue weighted by Crippen LogP contribution is -2.39. The molecule has 0 aliphatic rings. The molecule has 0 aromatic heterocycles. The summed E-state index contributed by atoms with van der Waals surface area (Å²) in [5, 5.41) is 8.97. The first-order valence-electron chi connectivity index (χ1n) is 5.67. The largest absolute Gasteiger partial charge is 0.395 e. The van der Waals surface area contributed by atoms with Gasteiger partial charge in [0.1, 0.15) is 0 Å². The van der Waals surface area contributed by atoms with Crippen LogP contribution in [0.4, 0.5) is 0 Å². The summed E-state index contributed by atoms with van der Waals surface area (Å²) in [6, 6.07) is 7.33. The van der Waals surface area contributed by atoms with E-state index < -0.39 is 0 Å². The average molecular weight is 256 g/mol. The molecule has 0 heterocycles. The maximum Gasteiger partial charge on any atom is 0.254 e. The summed E-state index contributed by atoms with van der Waals surface area (Å²) in [7, 11) is 0. The third-order valence-electron chi connectivity index (χ3n) is 2.55. The number of amides is 1. The molecule has 94 valence electrons. The molecule has 0 saturated heterocycles. The van der Waals surface area contributed by atoms with Crippen molar-refractivity contribution >= 4 is 17.5 Å². The zero-order valence-corrected chi connectivity index (χ0v) is 10.9. The second-order valence-electron chi connectivity index (χ2n) is 4.15. The number of carbonyl (C=O) groups excluding carboxylic acids is 1. The predicted molar refractivity (Wildman–Crippen MR) is 69.3 cm³/mol. The quantitative estimate of drug-likeness (QED) is 0.820. The Kier molecular flexibility index (Phi) is 5.45. The first-order chi connectivity index (χ1) is 8.10. The average Bonchev–Trinajstić information content (AvgIpc) is 2.34. The van der Waals surface area contributed by atoms with Crippen LogP contribution in [-0.4, -0.2) is 35.1 Å². The molecule has 0 spiro atoms. The number of aliphatic hydroxyl groups excluding tert-OH is 1. The maximum absolute atomic E-state index is 12.2. The Labute approximate surface area is 107 Å². The molecule has 1 aromatic carbocycles. The van der Waals surface area contributed by atoms with Crippen molar-refractivity contribution in [2.24, 2.45) is 0 Å². The van der Waals surface area contributed by atoms with Crippen LogP contribution in [0.15, 0.2) is 24.3 Å². The van der Waals surface area contributed by atoms with Crippen LogP contribution < -0.4 is 0 Å². The van der Waals surface area contributed by atoms with Gasteiger partial charge in [0.15, 0.2) is 0 Å². The van der Waals surface area contributed by atoms with E-state index in [1.807, 2.05) is 26.0 Å². The highest BCUT2D eigenvalue weighted by Crippen LogP contribution is 2.12. The lowest BCUT2D eigenvalue weighted by atomic mass is 10.1. The maximum atomic E-state index is 12.2. The lowest BCUT2D eigenvalue weighted by Gasteiger charge is -2.26. The van der Waals surface area contributed by atoms with Crippen molar-refractivity contribution in [2.75, 3.05) is 13.2 Å². The van der Waals surface area contributed by atoms with E-state index in [1.165, 1.54) is 0 Å². The topological polar surface area (TPSA) is 40.5 Å². The molecular formula is C13H18ClNO2. The van der Waals surface area contributed by atoms with Gasteiger partial charge in [-0.25, -0.2) is 0 Å². The van der Waals surface area contributed by atoms with Crippen LogP contribution in [0, 0.1) is 0 Å². The molecule has 0 aliphatic carbocycles. The summed E-state index contributed by atoms with van der Waals surface area (Å²) < 4.78 is 0. The van der Waals surface area contributed by atoms with Crippen LogP contribution >= 0.6 is 11.6 Å². The molecule has 3 nitrogen and oxygen atoms in total. The van der Waals surface area contributed by atoms with Gasteiger partial charge in [-0.3, -0.25) is 4.79 Å². The van der Waals surface area contributed by atoms with Gasteiger partial charge >= 0.3 is 0 Å². The van der Waals surface area contributed by atoms with Gasteiger partial charge < -0.3 is 10.0 Å². The minimum Gasteiger partial charge on any atom is -0.395 e. The van der Waals surface area contributed by atoms with E-state index in [2.05, 4.69) is 0 Å². The second-order valence-corrected chi connectivity index (χ2v) is 4.42. The van der Waals surface area contributed by atoms with Crippen molar-refractivity contribution in [3.63, 3.8) is 0 Å². The molecule has 0 fully saturated rings. The highest BCUT2D eigenvalue weighted by molar-refractivity contribution is 6.17. The summed E-state index contributed by atoms with van der Waals surface area (Å²) >= 11 is 5.74. The Morgan fingerprint density at radius 2 is 2.18 bits per heavy atom. The van der Waals surface area contributed by atoms with Crippen LogP contribution in [-0.2, 0) is 5.88 Å². The lowest BCUT2D eigenvalue weighted by molar-refractivity contribution is 0.0665. The number of alkyl halides is 1. The van der Waals surface area contributed by atoms with Crippen molar-refractivity contribution in [2.45, 2.75) is 25.8 Å². The number of nitrogens with zero attached hydrogens (tertiary/aromatic N) is 1. The molecule has 4 heteroatoms. The van der Waals surface area contributed by atoms with Gasteiger partial charge in [0.25, 0.3) is 5.91 Å². The van der Waals surface area contributed by atoms with Crippen molar-refractivity contribution in [3.8, 4) is 0 Å². The summed E-state index contributed by atoms with van der Waals surface area (Å²) in [6.45, 7) is 4.18. The van der Waals surface area contributed by atoms with Crippen molar-refractivity contribution < 1.29 is 9.90 Å². The number of carbonyl (C=O) groups is 1. The molecule has 1 rings (SSSR count). The Bertz CT molecular complexity index is 379. The highest BCUT2D eigenvalue weighted by atomic mass is 35.5. The third-order valence-corrected chi connectivity index (χ3v) is 2.86. The van der Waals surface area contributed by atoms with Gasteiger partial charge in [-0.2, -0.15) is 0 Å². The van der Waals surface area contributed by atoms with E-state index in [9.17, 15) is 4.79 Å². The number of hydrogen-bond donors (Lipinski definition) is 1. The molecule has 0 aliphatic heterocycles. The molecule has 0 radical (unpaired) electrons. The second kappa shape index (κ2) is 6.62. The number of halogens is 1. The summed E-state index contributed by atoms with van der Waals surface area (Å²) in [5.41, 5.74) is 1.54. The normalized spacial score (nSPS) is 10.6. The van der Waals surface area contributed by atoms with Gasteiger partial charge in [0.2, 0.25) is 0 Å².